The third-order valence-electron chi connectivity index (χ3n) is 4.14. The maximum atomic E-state index is 12.4. The Morgan fingerprint density at radius 3 is 2.60 bits per heavy atom. The van der Waals surface area contributed by atoms with E-state index < -0.39 is 30.7 Å². The molecule has 30 heavy (non-hydrogen) atoms. The minimum atomic E-state index is -4.81. The van der Waals surface area contributed by atoms with Crippen LogP contribution in [0.25, 0.3) is 16.7 Å². The monoisotopic (exact) mass is 422 g/mol. The summed E-state index contributed by atoms with van der Waals surface area (Å²) in [5.74, 6) is -0.843. The topological polar surface area (TPSA) is 110 Å². The minimum absolute atomic E-state index is 0.0273. The number of hydrogen-bond acceptors (Lipinski definition) is 6. The number of fused-ring (bicyclic) bond motifs is 1. The van der Waals surface area contributed by atoms with Crippen molar-refractivity contribution in [2.24, 2.45) is 0 Å². The molecule has 0 aliphatic rings. The molecule has 0 saturated heterocycles. The lowest BCUT2D eigenvalue weighted by atomic mass is 10.1. The molecular formula is C19H17F3N4O4. The highest BCUT2D eigenvalue weighted by molar-refractivity contribution is 5.88. The summed E-state index contributed by atoms with van der Waals surface area (Å²) < 4.78 is 42.3. The molecule has 0 bridgehead atoms. The molecule has 1 amide bonds. The maximum Gasteiger partial charge on any atom is 0.573 e. The standard InChI is InChI=1S/C19H17F3N4O4/c1-2-16(29)24-9-14-17-13(15(28)10-27)7-8-23-18(17)26(25-14)11-3-5-12(6-4-11)30-19(20,21)22/h2-8,15,27-28H,1,9-10H2,(H,24,29). The Hall–Kier alpha value is -3.44. The zero-order valence-corrected chi connectivity index (χ0v) is 15.4. The molecule has 1 unspecified atom stereocenters. The molecule has 0 radical (unpaired) electrons. The highest BCUT2D eigenvalue weighted by Crippen LogP contribution is 2.29. The van der Waals surface area contributed by atoms with Crippen LogP contribution in [0.15, 0.2) is 49.2 Å². The lowest BCUT2D eigenvalue weighted by molar-refractivity contribution is -0.274. The van der Waals surface area contributed by atoms with Crippen LogP contribution < -0.4 is 10.1 Å². The van der Waals surface area contributed by atoms with E-state index in [1.807, 2.05) is 0 Å². The van der Waals surface area contributed by atoms with Crippen molar-refractivity contribution in [3.05, 3.63) is 60.4 Å². The van der Waals surface area contributed by atoms with Gasteiger partial charge in [0.2, 0.25) is 5.91 Å². The maximum absolute atomic E-state index is 12.4. The Morgan fingerprint density at radius 1 is 1.30 bits per heavy atom. The fourth-order valence-corrected chi connectivity index (χ4v) is 2.85. The number of carbonyl (C=O) groups excluding carboxylic acids is 1. The van der Waals surface area contributed by atoms with Crippen LogP contribution >= 0.6 is 0 Å². The van der Waals surface area contributed by atoms with Crippen LogP contribution in [0.5, 0.6) is 5.75 Å². The Kier molecular flexibility index (Phi) is 6.04. The zero-order chi connectivity index (χ0) is 21.9. The number of nitrogens with one attached hydrogen (secondary N) is 1. The van der Waals surface area contributed by atoms with Crippen LogP contribution in [0.1, 0.15) is 17.4 Å². The van der Waals surface area contributed by atoms with Crippen LogP contribution in [0.3, 0.4) is 0 Å². The number of pyridine rings is 1. The highest BCUT2D eigenvalue weighted by Gasteiger charge is 2.31. The summed E-state index contributed by atoms with van der Waals surface area (Å²) in [4.78, 5) is 15.8. The van der Waals surface area contributed by atoms with E-state index in [2.05, 4.69) is 26.7 Å². The van der Waals surface area contributed by atoms with Crippen molar-refractivity contribution in [1.82, 2.24) is 20.1 Å². The van der Waals surface area contributed by atoms with Gasteiger partial charge in [-0.1, -0.05) is 6.58 Å². The predicted molar refractivity (Wildman–Crippen MR) is 99.6 cm³/mol. The van der Waals surface area contributed by atoms with Gasteiger partial charge in [-0.05, 0) is 42.0 Å². The Balaban J connectivity index is 2.08. The number of rotatable bonds is 7. The average molecular weight is 422 g/mol. The number of aliphatic hydroxyl groups is 2. The first-order chi connectivity index (χ1) is 14.2. The summed E-state index contributed by atoms with van der Waals surface area (Å²) in [5.41, 5.74) is 1.34. The molecule has 0 aliphatic heterocycles. The summed E-state index contributed by atoms with van der Waals surface area (Å²) in [5, 5.41) is 26.9. The molecule has 1 atom stereocenters. The first-order valence-corrected chi connectivity index (χ1v) is 8.65. The summed E-state index contributed by atoms with van der Waals surface area (Å²) >= 11 is 0. The second-order valence-corrected chi connectivity index (χ2v) is 6.12. The van der Waals surface area contributed by atoms with E-state index in [4.69, 9.17) is 0 Å². The molecule has 0 fully saturated rings. The van der Waals surface area contributed by atoms with Crippen LogP contribution in [0.4, 0.5) is 13.2 Å². The summed E-state index contributed by atoms with van der Waals surface area (Å²) in [6, 6.07) is 6.48. The largest absolute Gasteiger partial charge is 0.573 e. The minimum Gasteiger partial charge on any atom is -0.406 e. The van der Waals surface area contributed by atoms with Gasteiger partial charge in [-0.15, -0.1) is 13.2 Å². The average Bonchev–Trinajstić information content (AvgIpc) is 3.09. The normalized spacial score (nSPS) is 12.6. The molecule has 3 rings (SSSR count). The number of ether oxygens (including phenoxy) is 1. The van der Waals surface area contributed by atoms with Crippen molar-refractivity contribution in [2.45, 2.75) is 19.0 Å². The molecule has 2 heterocycles. The molecule has 0 spiro atoms. The van der Waals surface area contributed by atoms with E-state index >= 15 is 0 Å². The van der Waals surface area contributed by atoms with Gasteiger partial charge in [-0.25, -0.2) is 9.67 Å². The lowest BCUT2D eigenvalue weighted by Crippen LogP contribution is -2.20. The van der Waals surface area contributed by atoms with Gasteiger partial charge in [0.1, 0.15) is 11.9 Å². The second kappa shape index (κ2) is 8.51. The fraction of sp³-hybridized carbons (Fsp3) is 0.211. The van der Waals surface area contributed by atoms with Gasteiger partial charge in [0.15, 0.2) is 5.65 Å². The number of hydrogen-bond donors (Lipinski definition) is 3. The zero-order valence-electron chi connectivity index (χ0n) is 15.4. The molecule has 158 valence electrons. The molecule has 11 heteroatoms. The third-order valence-corrected chi connectivity index (χ3v) is 4.14. The molecule has 3 N–H and O–H groups in total. The number of carbonyl (C=O) groups is 1. The van der Waals surface area contributed by atoms with Crippen LogP contribution in [0.2, 0.25) is 0 Å². The van der Waals surface area contributed by atoms with E-state index in [0.29, 0.717) is 22.3 Å². The number of aliphatic hydroxyl groups excluding tert-OH is 2. The molecule has 0 aliphatic carbocycles. The smallest absolute Gasteiger partial charge is 0.406 e. The van der Waals surface area contributed by atoms with Gasteiger partial charge in [-0.2, -0.15) is 5.10 Å². The number of nitrogens with zero attached hydrogens (tertiary/aromatic N) is 3. The summed E-state index contributed by atoms with van der Waals surface area (Å²) in [6.07, 6.45) is -3.54. The van der Waals surface area contributed by atoms with Crippen molar-refractivity contribution in [3.63, 3.8) is 0 Å². The predicted octanol–water partition coefficient (Wildman–Crippen LogP) is 2.15. The number of alkyl halides is 3. The molecule has 3 aromatic rings. The molecule has 2 aromatic heterocycles. The van der Waals surface area contributed by atoms with Gasteiger partial charge in [0.25, 0.3) is 0 Å². The Labute approximate surface area is 168 Å². The number of aromatic nitrogens is 3. The second-order valence-electron chi connectivity index (χ2n) is 6.12. The van der Waals surface area contributed by atoms with Gasteiger partial charge in [-0.3, -0.25) is 4.79 Å². The van der Waals surface area contributed by atoms with Gasteiger partial charge < -0.3 is 20.3 Å². The Bertz CT molecular complexity index is 1060. The quantitative estimate of drug-likeness (QED) is 0.504. The van der Waals surface area contributed by atoms with E-state index in [9.17, 15) is 28.2 Å². The van der Waals surface area contributed by atoms with E-state index in [1.54, 1.807) is 0 Å². The van der Waals surface area contributed by atoms with Crippen molar-refractivity contribution in [2.75, 3.05) is 6.61 Å². The summed E-state index contributed by atoms with van der Waals surface area (Å²) in [7, 11) is 0. The van der Waals surface area contributed by atoms with Crippen LogP contribution in [-0.4, -0.2) is 43.9 Å². The molecule has 8 nitrogen and oxygen atoms in total. The van der Waals surface area contributed by atoms with E-state index in [0.717, 1.165) is 18.2 Å². The molecule has 0 saturated carbocycles. The highest BCUT2D eigenvalue weighted by atomic mass is 19.4. The first-order valence-electron chi connectivity index (χ1n) is 8.65. The van der Waals surface area contributed by atoms with Crippen molar-refractivity contribution in [1.29, 1.82) is 0 Å². The number of halogens is 3. The molecule has 1 aromatic carbocycles. The van der Waals surface area contributed by atoms with Gasteiger partial charge >= 0.3 is 6.36 Å². The lowest BCUT2D eigenvalue weighted by Gasteiger charge is -2.10. The third kappa shape index (κ3) is 4.58. The van der Waals surface area contributed by atoms with Gasteiger partial charge in [0.05, 0.1) is 29.9 Å². The fourth-order valence-electron chi connectivity index (χ4n) is 2.85. The van der Waals surface area contributed by atoms with E-state index in [-0.39, 0.29) is 12.2 Å². The van der Waals surface area contributed by atoms with Crippen LogP contribution in [-0.2, 0) is 11.3 Å². The van der Waals surface area contributed by atoms with Crippen LogP contribution in [0, 0.1) is 0 Å². The van der Waals surface area contributed by atoms with Crippen molar-refractivity contribution >= 4 is 16.9 Å². The molecular weight excluding hydrogens is 405 g/mol. The van der Waals surface area contributed by atoms with E-state index in [1.165, 1.54) is 29.1 Å². The van der Waals surface area contributed by atoms with Crippen molar-refractivity contribution < 1.29 is 32.9 Å². The van der Waals surface area contributed by atoms with Crippen molar-refractivity contribution in [3.8, 4) is 11.4 Å². The Morgan fingerprint density at radius 2 is 2.00 bits per heavy atom. The number of benzene rings is 1. The van der Waals surface area contributed by atoms with Gasteiger partial charge in [0, 0.05) is 6.20 Å². The summed E-state index contributed by atoms with van der Waals surface area (Å²) in [6.45, 7) is 2.79. The first kappa shape index (κ1) is 21.3. The SMILES string of the molecule is C=CC(=O)NCc1nn(-c2ccc(OC(F)(F)F)cc2)c2nccc(C(O)CO)c12. The number of amides is 1.